The molecule has 0 aliphatic carbocycles. The number of fused-ring (bicyclic) bond motifs is 1. The molecule has 9 nitrogen and oxygen atoms in total. The lowest BCUT2D eigenvalue weighted by Crippen LogP contribution is -2.29. The molecule has 5 N–H and O–H groups in total. The number of phenolic OH excluding ortho intramolecular Hbond substituents is 2. The largest absolute Gasteiger partial charge is 0.504 e. The summed E-state index contributed by atoms with van der Waals surface area (Å²) < 4.78 is 42.6. The Kier molecular flexibility index (Phi) is 7.48. The smallest absolute Gasteiger partial charge is 0.257 e. The van der Waals surface area contributed by atoms with Gasteiger partial charge in [-0.05, 0) is 53.9 Å². The molecule has 37 heavy (non-hydrogen) atoms. The number of carbonyl (C=O) groups is 1. The van der Waals surface area contributed by atoms with Gasteiger partial charge in [0.15, 0.2) is 11.5 Å². The van der Waals surface area contributed by atoms with E-state index in [0.29, 0.717) is 10.6 Å². The minimum Gasteiger partial charge on any atom is -0.504 e. The fourth-order valence-corrected chi connectivity index (χ4v) is 4.80. The number of benzene rings is 3. The molecule has 0 atom stereocenters. The summed E-state index contributed by atoms with van der Waals surface area (Å²) in [6.07, 6.45) is 1.24. The minimum atomic E-state index is -4.23. The summed E-state index contributed by atoms with van der Waals surface area (Å²) in [4.78, 5) is 27.7. The number of hydrogen-bond donors (Lipinski definition) is 5. The van der Waals surface area contributed by atoms with Crippen LogP contribution in [0.4, 0.5) is 4.39 Å². The standard InChI is InChI=1S/C25H21ClFN3O6S/c26-16-4-1-15(2-5-16)12-29-25(34)19-13-28-23-18(24(19)33)10-17(11-20(23)27)37(35,36)30-8-7-14-3-6-21(31)22(32)9-14/h1-6,9-11,13,30-32H,7-8,12H2,(H,28,33)(H,29,34). The fraction of sp³-hybridized carbons (Fsp3) is 0.120. The summed E-state index contributed by atoms with van der Waals surface area (Å²) in [6.45, 7) is 0.00862. The van der Waals surface area contributed by atoms with Crippen molar-refractivity contribution in [1.29, 1.82) is 0 Å². The molecule has 12 heteroatoms. The molecule has 0 saturated carbocycles. The summed E-state index contributed by atoms with van der Waals surface area (Å²) in [5.74, 6) is -2.35. The normalized spacial score (nSPS) is 11.5. The SMILES string of the molecule is O=C(NCc1ccc(Cl)cc1)c1c[nH]c2c(F)cc(S(=O)(=O)NCCc3ccc(O)c(O)c3)cc2c1=O. The second-order valence-corrected chi connectivity index (χ2v) is 10.3. The molecule has 4 aromatic rings. The third-order valence-corrected chi connectivity index (χ3v) is 7.27. The lowest BCUT2D eigenvalue weighted by molar-refractivity contribution is 0.0949. The first-order chi connectivity index (χ1) is 17.5. The molecule has 192 valence electrons. The van der Waals surface area contributed by atoms with Gasteiger partial charge in [-0.3, -0.25) is 9.59 Å². The average molecular weight is 546 g/mol. The van der Waals surface area contributed by atoms with Crippen LogP contribution in [0.5, 0.6) is 11.5 Å². The lowest BCUT2D eigenvalue weighted by atomic mass is 10.1. The van der Waals surface area contributed by atoms with Gasteiger partial charge >= 0.3 is 0 Å². The summed E-state index contributed by atoms with van der Waals surface area (Å²) in [5.41, 5.74) is -0.0949. The summed E-state index contributed by atoms with van der Waals surface area (Å²) >= 11 is 5.84. The molecule has 0 unspecified atom stereocenters. The van der Waals surface area contributed by atoms with Crippen LogP contribution in [-0.4, -0.2) is 36.1 Å². The van der Waals surface area contributed by atoms with Crippen LogP contribution in [0.15, 0.2) is 70.5 Å². The number of hydrogen-bond acceptors (Lipinski definition) is 6. The second-order valence-electron chi connectivity index (χ2n) is 8.14. The van der Waals surface area contributed by atoms with Gasteiger partial charge in [-0.15, -0.1) is 0 Å². The Morgan fingerprint density at radius 3 is 2.41 bits per heavy atom. The first kappa shape index (κ1) is 26.1. The number of carbonyl (C=O) groups excluding carboxylic acids is 1. The molecular formula is C25H21ClFN3O6S. The quantitative estimate of drug-likeness (QED) is 0.215. The molecule has 3 aromatic carbocycles. The third kappa shape index (κ3) is 5.91. The number of pyridine rings is 1. The van der Waals surface area contributed by atoms with Crippen LogP contribution in [0.1, 0.15) is 21.5 Å². The number of H-pyrrole nitrogens is 1. The number of amides is 1. The topological polar surface area (TPSA) is 149 Å². The zero-order valence-electron chi connectivity index (χ0n) is 19.1. The molecule has 1 heterocycles. The highest BCUT2D eigenvalue weighted by Gasteiger charge is 2.20. The van der Waals surface area contributed by atoms with Crippen molar-refractivity contribution in [2.45, 2.75) is 17.9 Å². The Labute approximate surface area is 215 Å². The Morgan fingerprint density at radius 1 is 1.00 bits per heavy atom. The van der Waals surface area contributed by atoms with E-state index >= 15 is 0 Å². The summed E-state index contributed by atoms with van der Waals surface area (Å²) in [5, 5.41) is 21.8. The molecular weight excluding hydrogens is 525 g/mol. The van der Waals surface area contributed by atoms with Crippen molar-refractivity contribution < 1.29 is 27.8 Å². The van der Waals surface area contributed by atoms with Gasteiger partial charge in [0.1, 0.15) is 11.4 Å². The van der Waals surface area contributed by atoms with Crippen LogP contribution in [0.2, 0.25) is 5.02 Å². The number of aromatic nitrogens is 1. The number of phenols is 2. The van der Waals surface area contributed by atoms with Gasteiger partial charge in [-0.25, -0.2) is 17.5 Å². The predicted octanol–water partition coefficient (Wildman–Crippen LogP) is 3.18. The predicted molar refractivity (Wildman–Crippen MR) is 136 cm³/mol. The first-order valence-electron chi connectivity index (χ1n) is 10.9. The maximum absolute atomic E-state index is 14.7. The maximum atomic E-state index is 14.7. The van der Waals surface area contributed by atoms with Crippen LogP contribution in [0, 0.1) is 5.82 Å². The van der Waals surface area contributed by atoms with E-state index in [2.05, 4.69) is 15.0 Å². The summed E-state index contributed by atoms with van der Waals surface area (Å²) in [7, 11) is -4.23. The number of aromatic amines is 1. The Bertz CT molecular complexity index is 1660. The minimum absolute atomic E-state index is 0.101. The van der Waals surface area contributed by atoms with Crippen molar-refractivity contribution >= 4 is 38.4 Å². The van der Waals surface area contributed by atoms with Gasteiger partial charge in [0.05, 0.1) is 15.8 Å². The van der Waals surface area contributed by atoms with Gasteiger partial charge in [-0.1, -0.05) is 29.8 Å². The Hall–Kier alpha value is -3.93. The van der Waals surface area contributed by atoms with Gasteiger partial charge in [0.2, 0.25) is 15.5 Å². The maximum Gasteiger partial charge on any atom is 0.257 e. The number of rotatable bonds is 8. The van der Waals surface area contributed by atoms with E-state index in [1.807, 2.05) is 0 Å². The van der Waals surface area contributed by atoms with Crippen molar-refractivity contribution in [1.82, 2.24) is 15.0 Å². The highest BCUT2D eigenvalue weighted by molar-refractivity contribution is 7.89. The number of aromatic hydroxyl groups is 2. The molecule has 0 radical (unpaired) electrons. The van der Waals surface area contributed by atoms with E-state index in [-0.39, 0.29) is 47.5 Å². The van der Waals surface area contributed by atoms with Crippen LogP contribution in [0.3, 0.4) is 0 Å². The third-order valence-electron chi connectivity index (χ3n) is 5.58. The van der Waals surface area contributed by atoms with E-state index in [1.54, 1.807) is 24.3 Å². The van der Waals surface area contributed by atoms with Crippen molar-refractivity contribution in [2.75, 3.05) is 6.54 Å². The molecule has 0 saturated heterocycles. The van der Waals surface area contributed by atoms with E-state index in [1.165, 1.54) is 18.2 Å². The van der Waals surface area contributed by atoms with Gasteiger partial charge in [0, 0.05) is 24.3 Å². The molecule has 1 amide bonds. The van der Waals surface area contributed by atoms with Crippen LogP contribution >= 0.6 is 11.6 Å². The molecule has 0 bridgehead atoms. The van der Waals surface area contributed by atoms with E-state index in [4.69, 9.17) is 11.6 Å². The lowest BCUT2D eigenvalue weighted by Gasteiger charge is -2.10. The van der Waals surface area contributed by atoms with Crippen molar-refractivity contribution in [2.24, 2.45) is 0 Å². The van der Waals surface area contributed by atoms with Crippen LogP contribution < -0.4 is 15.5 Å². The molecule has 0 spiro atoms. The average Bonchev–Trinajstić information content (AvgIpc) is 2.86. The Balaban J connectivity index is 1.54. The second kappa shape index (κ2) is 10.6. The zero-order valence-corrected chi connectivity index (χ0v) is 20.7. The van der Waals surface area contributed by atoms with E-state index in [9.17, 15) is 32.6 Å². The molecule has 4 rings (SSSR count). The molecule has 0 aliphatic heterocycles. The first-order valence-corrected chi connectivity index (χ1v) is 12.8. The van der Waals surface area contributed by atoms with Crippen molar-refractivity contribution in [3.63, 3.8) is 0 Å². The van der Waals surface area contributed by atoms with E-state index < -0.39 is 32.1 Å². The monoisotopic (exact) mass is 545 g/mol. The van der Waals surface area contributed by atoms with Crippen molar-refractivity contribution in [3.05, 3.63) is 98.5 Å². The molecule has 0 fully saturated rings. The highest BCUT2D eigenvalue weighted by Crippen LogP contribution is 2.25. The van der Waals surface area contributed by atoms with Crippen molar-refractivity contribution in [3.8, 4) is 11.5 Å². The van der Waals surface area contributed by atoms with Gasteiger partial charge in [-0.2, -0.15) is 0 Å². The van der Waals surface area contributed by atoms with Gasteiger partial charge in [0.25, 0.3) is 5.91 Å². The number of halogens is 2. The zero-order chi connectivity index (χ0) is 26.7. The summed E-state index contributed by atoms with van der Waals surface area (Å²) in [6, 6.07) is 12.6. The van der Waals surface area contributed by atoms with Crippen LogP contribution in [0.25, 0.3) is 10.9 Å². The van der Waals surface area contributed by atoms with E-state index in [0.717, 1.165) is 23.9 Å². The van der Waals surface area contributed by atoms with Crippen LogP contribution in [-0.2, 0) is 23.0 Å². The molecule has 1 aromatic heterocycles. The highest BCUT2D eigenvalue weighted by atomic mass is 35.5. The fourth-order valence-electron chi connectivity index (χ4n) is 3.60. The number of sulfonamides is 1. The van der Waals surface area contributed by atoms with Gasteiger partial charge < -0.3 is 20.5 Å². The Morgan fingerprint density at radius 2 is 1.70 bits per heavy atom. The number of nitrogens with one attached hydrogen (secondary N) is 3. The molecule has 0 aliphatic rings.